The third-order valence-corrected chi connectivity index (χ3v) is 21.5. The number of ether oxygens (including phenoxy) is 1. The second kappa shape index (κ2) is 17.1. The number of para-hydroxylation sites is 1. The number of hydrogen-bond acceptors (Lipinski definition) is 4. The predicted octanol–water partition coefficient (Wildman–Crippen LogP) is 9.71. The fourth-order valence-electron chi connectivity index (χ4n) is 6.13. The summed E-state index contributed by atoms with van der Waals surface area (Å²) in [5.41, 5.74) is 0. The highest BCUT2D eigenvalue weighted by Crippen LogP contribution is 2.67. The topological polar surface area (TPSA) is 60.4 Å². The monoisotopic (exact) mass is 682 g/mol. The normalized spacial score (nSPS) is 12.1. The van der Waals surface area contributed by atoms with Crippen LogP contribution in [0.1, 0.15) is 38.5 Å². The van der Waals surface area contributed by atoms with E-state index in [-0.39, 0.29) is 11.8 Å². The molecule has 0 fully saturated rings. The van der Waals surface area contributed by atoms with Gasteiger partial charge in [-0.15, -0.1) is 0 Å². The molecule has 0 aliphatic carbocycles. The van der Waals surface area contributed by atoms with Crippen LogP contribution in [0.25, 0.3) is 0 Å². The maximum absolute atomic E-state index is 15.5. The van der Waals surface area contributed by atoms with Gasteiger partial charge in [0.2, 0.25) is 0 Å². The molecule has 0 aromatic heterocycles. The van der Waals surface area contributed by atoms with E-state index < -0.39 is 21.4 Å². The van der Waals surface area contributed by atoms with E-state index in [9.17, 15) is 0 Å². The zero-order valence-electron chi connectivity index (χ0n) is 27.0. The van der Waals surface area contributed by atoms with Crippen LogP contribution >= 0.6 is 21.4 Å². The highest BCUT2D eigenvalue weighted by molar-refractivity contribution is 7.95. The van der Waals surface area contributed by atoms with Crippen LogP contribution in [0, 0.1) is 0 Å². The molecule has 0 amide bonds. The SMILES string of the molecule is O=P(CCCCCCCCOc1ccccc1)(CP(=O)(c1ccccc1)c1ccccc1)CP(=O)(c1ccccc1)c1ccccc1. The standard InChI is InChI=1S/C40H45O4P3/c41-45(33-21-4-2-1-3-20-32-44-36-22-10-5-11-23-36,34-46(42,37-24-12-6-13-25-37)38-26-14-7-15-27-38)35-47(43,39-28-16-8-17-29-39)40-30-18-9-19-31-40/h5-19,22-31H,1-4,20-21,32-35H2. The Bertz CT molecular complexity index is 1590. The predicted molar refractivity (Wildman–Crippen MR) is 201 cm³/mol. The second-order valence-corrected chi connectivity index (χ2v) is 22.0. The molecule has 0 saturated carbocycles. The Morgan fingerprint density at radius 3 is 1.09 bits per heavy atom. The van der Waals surface area contributed by atoms with Crippen molar-refractivity contribution < 1.29 is 18.4 Å². The molecule has 0 heterocycles. The Balaban J connectivity index is 1.36. The zero-order valence-corrected chi connectivity index (χ0v) is 29.7. The second-order valence-electron chi connectivity index (χ2n) is 12.2. The molecule has 0 unspecified atom stereocenters. The summed E-state index contributed by atoms with van der Waals surface area (Å²) in [6.45, 7) is 0.696. The van der Waals surface area contributed by atoms with E-state index in [1.807, 2.05) is 152 Å². The van der Waals surface area contributed by atoms with Crippen molar-refractivity contribution in [2.75, 3.05) is 24.6 Å². The minimum absolute atomic E-state index is 0.0223. The van der Waals surface area contributed by atoms with Gasteiger partial charge in [0.05, 0.1) is 18.4 Å². The molecule has 5 aromatic rings. The van der Waals surface area contributed by atoms with Gasteiger partial charge in [0.25, 0.3) is 0 Å². The maximum Gasteiger partial charge on any atom is 0.150 e. The van der Waals surface area contributed by atoms with Gasteiger partial charge in [0.1, 0.15) is 27.2 Å². The Labute approximate surface area is 280 Å². The van der Waals surface area contributed by atoms with Crippen LogP contribution in [-0.4, -0.2) is 24.6 Å². The lowest BCUT2D eigenvalue weighted by atomic mass is 10.1. The van der Waals surface area contributed by atoms with Crippen molar-refractivity contribution in [3.8, 4) is 5.75 Å². The summed E-state index contributed by atoms with van der Waals surface area (Å²) in [4.78, 5) is 0. The Morgan fingerprint density at radius 2 is 0.702 bits per heavy atom. The Kier molecular flexibility index (Phi) is 12.7. The highest BCUT2D eigenvalue weighted by Gasteiger charge is 2.42. The van der Waals surface area contributed by atoms with Gasteiger partial charge in [-0.05, 0) is 25.0 Å². The molecule has 244 valence electrons. The first-order valence-electron chi connectivity index (χ1n) is 16.6. The van der Waals surface area contributed by atoms with Gasteiger partial charge in [-0.3, -0.25) is 0 Å². The van der Waals surface area contributed by atoms with Crippen LogP contribution in [-0.2, 0) is 13.7 Å². The quantitative estimate of drug-likeness (QED) is 0.0682. The molecule has 7 heteroatoms. The van der Waals surface area contributed by atoms with Crippen LogP contribution in [0.5, 0.6) is 5.75 Å². The van der Waals surface area contributed by atoms with Gasteiger partial charge in [-0.1, -0.05) is 165 Å². The van der Waals surface area contributed by atoms with Crippen molar-refractivity contribution in [2.45, 2.75) is 38.5 Å². The zero-order chi connectivity index (χ0) is 32.8. The van der Waals surface area contributed by atoms with Gasteiger partial charge in [0.15, 0.2) is 0 Å². The lowest BCUT2D eigenvalue weighted by Gasteiger charge is -2.29. The summed E-state index contributed by atoms with van der Waals surface area (Å²) in [5.74, 6) is 0.943. The summed E-state index contributed by atoms with van der Waals surface area (Å²) in [6.07, 6.45) is 6.23. The van der Waals surface area contributed by atoms with Gasteiger partial charge in [-0.2, -0.15) is 0 Å². The van der Waals surface area contributed by atoms with Crippen LogP contribution < -0.4 is 26.0 Å². The molecule has 0 spiro atoms. The smallest absolute Gasteiger partial charge is 0.150 e. The molecular formula is C40H45O4P3. The Morgan fingerprint density at radius 1 is 0.383 bits per heavy atom. The van der Waals surface area contributed by atoms with Crippen molar-refractivity contribution >= 4 is 42.6 Å². The fraction of sp³-hybridized carbons (Fsp3) is 0.250. The molecule has 4 nitrogen and oxygen atoms in total. The molecule has 0 N–H and O–H groups in total. The molecule has 5 rings (SSSR count). The Hall–Kier alpha value is -3.41. The van der Waals surface area contributed by atoms with Gasteiger partial charge in [0, 0.05) is 27.4 Å². The number of hydrogen-bond donors (Lipinski definition) is 0. The molecular weight excluding hydrogens is 637 g/mol. The fourth-order valence-corrected chi connectivity index (χ4v) is 20.9. The average Bonchev–Trinajstić information content (AvgIpc) is 3.12. The highest BCUT2D eigenvalue weighted by atomic mass is 31.2. The molecule has 47 heavy (non-hydrogen) atoms. The summed E-state index contributed by atoms with van der Waals surface area (Å²) >= 11 is 0. The minimum atomic E-state index is -3.31. The van der Waals surface area contributed by atoms with E-state index >= 15 is 13.7 Å². The lowest BCUT2D eigenvalue weighted by molar-refractivity contribution is 0.304. The average molecular weight is 683 g/mol. The van der Waals surface area contributed by atoms with Crippen molar-refractivity contribution in [2.24, 2.45) is 0 Å². The lowest BCUT2D eigenvalue weighted by Crippen LogP contribution is -2.23. The molecule has 0 saturated heterocycles. The van der Waals surface area contributed by atoms with Crippen molar-refractivity contribution in [3.63, 3.8) is 0 Å². The van der Waals surface area contributed by atoms with Gasteiger partial charge < -0.3 is 18.4 Å². The largest absolute Gasteiger partial charge is 0.494 e. The third kappa shape index (κ3) is 9.58. The van der Waals surface area contributed by atoms with E-state index in [0.29, 0.717) is 34.0 Å². The minimum Gasteiger partial charge on any atom is -0.494 e. The first-order valence-corrected chi connectivity index (χ1v) is 22.6. The van der Waals surface area contributed by atoms with Crippen LogP contribution in [0.15, 0.2) is 152 Å². The number of rotatable bonds is 18. The number of benzene rings is 5. The summed E-state index contributed by atoms with van der Waals surface area (Å²) in [7, 11) is -9.90. The summed E-state index contributed by atoms with van der Waals surface area (Å²) in [5, 5.41) is 2.77. The number of unbranched alkanes of at least 4 members (excludes halogenated alkanes) is 5. The van der Waals surface area contributed by atoms with Gasteiger partial charge in [-0.25, -0.2) is 0 Å². The van der Waals surface area contributed by atoms with E-state index in [0.717, 1.165) is 44.3 Å². The summed E-state index contributed by atoms with van der Waals surface area (Å²) < 4.78 is 51.8. The molecule has 0 aliphatic rings. The van der Waals surface area contributed by atoms with Crippen LogP contribution in [0.4, 0.5) is 0 Å². The van der Waals surface area contributed by atoms with E-state index in [2.05, 4.69) is 0 Å². The third-order valence-electron chi connectivity index (χ3n) is 8.58. The van der Waals surface area contributed by atoms with E-state index in [1.54, 1.807) is 0 Å². The first-order chi connectivity index (χ1) is 22.9. The maximum atomic E-state index is 15.5. The van der Waals surface area contributed by atoms with Crippen molar-refractivity contribution in [1.82, 2.24) is 0 Å². The van der Waals surface area contributed by atoms with Crippen LogP contribution in [0.3, 0.4) is 0 Å². The molecule has 5 aromatic carbocycles. The first kappa shape index (κ1) is 34.9. The molecule has 0 atom stereocenters. The molecule has 0 radical (unpaired) electrons. The van der Waals surface area contributed by atoms with Crippen molar-refractivity contribution in [3.05, 3.63) is 152 Å². The van der Waals surface area contributed by atoms with Crippen LogP contribution in [0.2, 0.25) is 0 Å². The van der Waals surface area contributed by atoms with E-state index in [1.165, 1.54) is 0 Å². The summed E-state index contributed by atoms with van der Waals surface area (Å²) in [6, 6.07) is 47.7. The molecule has 0 bridgehead atoms. The molecule has 0 aliphatic heterocycles. The van der Waals surface area contributed by atoms with Crippen molar-refractivity contribution in [1.29, 1.82) is 0 Å². The van der Waals surface area contributed by atoms with E-state index in [4.69, 9.17) is 4.74 Å². The van der Waals surface area contributed by atoms with Gasteiger partial charge >= 0.3 is 0 Å².